The zero-order valence-corrected chi connectivity index (χ0v) is 15.8. The van der Waals surface area contributed by atoms with Crippen LogP contribution in [0.15, 0.2) is 64.5 Å². The molecule has 3 nitrogen and oxygen atoms in total. The maximum Gasteiger partial charge on any atom is 0.267 e. The highest BCUT2D eigenvalue weighted by Gasteiger charge is 2.39. The Hall–Kier alpha value is -2.04. The van der Waals surface area contributed by atoms with Crippen LogP contribution in [0.5, 0.6) is 0 Å². The van der Waals surface area contributed by atoms with E-state index in [0.717, 1.165) is 29.3 Å². The summed E-state index contributed by atoms with van der Waals surface area (Å²) in [6.45, 7) is 0. The van der Waals surface area contributed by atoms with Crippen LogP contribution in [0.2, 0.25) is 5.02 Å². The second kappa shape index (κ2) is 7.68. The van der Waals surface area contributed by atoms with Crippen LogP contribution in [0.25, 0.3) is 6.08 Å². The van der Waals surface area contributed by atoms with Gasteiger partial charge in [-0.1, -0.05) is 60.8 Å². The molecule has 1 saturated heterocycles. The van der Waals surface area contributed by atoms with E-state index in [1.807, 2.05) is 65.6 Å². The zero-order chi connectivity index (χ0) is 17.9. The number of thioether (sulfide) groups is 1. The van der Waals surface area contributed by atoms with Crippen molar-refractivity contribution in [3.8, 4) is 0 Å². The Morgan fingerprint density at radius 3 is 2.46 bits per heavy atom. The molecular weight excluding hydrogens is 364 g/mol. The number of para-hydroxylation sites is 1. The maximum absolute atomic E-state index is 13.1. The Kier molecular flexibility index (Phi) is 5.14. The maximum atomic E-state index is 13.1. The van der Waals surface area contributed by atoms with Gasteiger partial charge in [-0.25, -0.2) is 4.99 Å². The second-order valence-electron chi connectivity index (χ2n) is 6.48. The van der Waals surface area contributed by atoms with Gasteiger partial charge in [0.25, 0.3) is 5.91 Å². The standard InChI is InChI=1S/C21H19ClN2OS/c22-18-13-7-4-8-15(18)14-19-20(25)24(17-11-5-6-12-17)21(26-19)23-16-9-2-1-3-10-16/h1-4,7-10,13-14,17H,5-6,11-12H2. The van der Waals surface area contributed by atoms with Crippen molar-refractivity contribution < 1.29 is 4.79 Å². The van der Waals surface area contributed by atoms with Crippen molar-refractivity contribution in [3.05, 3.63) is 70.1 Å². The van der Waals surface area contributed by atoms with Gasteiger partial charge in [0.05, 0.1) is 10.6 Å². The summed E-state index contributed by atoms with van der Waals surface area (Å²) in [6.07, 6.45) is 6.30. The number of nitrogens with zero attached hydrogens (tertiary/aromatic N) is 2. The van der Waals surface area contributed by atoms with Crippen molar-refractivity contribution in [2.75, 3.05) is 0 Å². The predicted molar refractivity (Wildman–Crippen MR) is 110 cm³/mol. The van der Waals surface area contributed by atoms with Crippen LogP contribution in [0.1, 0.15) is 31.2 Å². The molecule has 1 aliphatic heterocycles. The summed E-state index contributed by atoms with van der Waals surface area (Å²) in [4.78, 5) is 20.5. The van der Waals surface area contributed by atoms with Crippen LogP contribution in [-0.4, -0.2) is 22.0 Å². The van der Waals surface area contributed by atoms with Gasteiger partial charge in [0.2, 0.25) is 0 Å². The molecular formula is C21H19ClN2OS. The minimum Gasteiger partial charge on any atom is -0.283 e. The Morgan fingerprint density at radius 1 is 1.04 bits per heavy atom. The number of carbonyl (C=O) groups excluding carboxylic acids is 1. The summed E-state index contributed by atoms with van der Waals surface area (Å²) in [5, 5.41) is 1.42. The number of hydrogen-bond donors (Lipinski definition) is 0. The fraction of sp³-hybridized carbons (Fsp3) is 0.238. The molecule has 1 amide bonds. The molecule has 1 saturated carbocycles. The van der Waals surface area contributed by atoms with Crippen molar-refractivity contribution >= 4 is 46.2 Å². The molecule has 0 unspecified atom stereocenters. The van der Waals surface area contributed by atoms with Crippen molar-refractivity contribution in [3.63, 3.8) is 0 Å². The number of carbonyl (C=O) groups is 1. The average Bonchev–Trinajstić information content (AvgIpc) is 3.27. The normalized spacial score (nSPS) is 21.3. The van der Waals surface area contributed by atoms with Crippen LogP contribution in [0.4, 0.5) is 5.69 Å². The third-order valence-electron chi connectivity index (χ3n) is 4.70. The first-order valence-electron chi connectivity index (χ1n) is 8.84. The van der Waals surface area contributed by atoms with Gasteiger partial charge in [-0.05, 0) is 54.4 Å². The lowest BCUT2D eigenvalue weighted by Crippen LogP contribution is -2.37. The van der Waals surface area contributed by atoms with E-state index in [2.05, 4.69) is 0 Å². The number of halogens is 1. The van der Waals surface area contributed by atoms with Gasteiger partial charge in [-0.3, -0.25) is 9.69 Å². The van der Waals surface area contributed by atoms with Crippen molar-refractivity contribution in [2.45, 2.75) is 31.7 Å². The number of amidine groups is 1. The molecule has 132 valence electrons. The SMILES string of the molecule is O=C1C(=Cc2ccccc2Cl)SC(=Nc2ccccc2)N1C1CCCC1. The lowest BCUT2D eigenvalue weighted by Gasteiger charge is -2.22. The fourth-order valence-corrected chi connectivity index (χ4v) is 4.64. The van der Waals surface area contributed by atoms with Crippen LogP contribution >= 0.6 is 23.4 Å². The molecule has 1 aliphatic carbocycles. The highest BCUT2D eigenvalue weighted by atomic mass is 35.5. The molecule has 2 aliphatic rings. The number of hydrogen-bond acceptors (Lipinski definition) is 3. The van der Waals surface area contributed by atoms with E-state index >= 15 is 0 Å². The van der Waals surface area contributed by atoms with Crippen molar-refractivity contribution in [1.29, 1.82) is 0 Å². The highest BCUT2D eigenvalue weighted by molar-refractivity contribution is 8.18. The molecule has 5 heteroatoms. The Balaban J connectivity index is 1.72. The topological polar surface area (TPSA) is 32.7 Å². The van der Waals surface area contributed by atoms with Gasteiger partial charge >= 0.3 is 0 Å². The van der Waals surface area contributed by atoms with Gasteiger partial charge in [-0.2, -0.15) is 0 Å². The number of aliphatic imine (C=N–C) groups is 1. The van der Waals surface area contributed by atoms with E-state index in [4.69, 9.17) is 16.6 Å². The lowest BCUT2D eigenvalue weighted by molar-refractivity contribution is -0.123. The van der Waals surface area contributed by atoms with E-state index in [0.29, 0.717) is 9.93 Å². The summed E-state index contributed by atoms with van der Waals surface area (Å²) in [7, 11) is 0. The molecule has 26 heavy (non-hydrogen) atoms. The highest BCUT2D eigenvalue weighted by Crippen LogP contribution is 2.39. The van der Waals surface area contributed by atoms with Crippen LogP contribution in [-0.2, 0) is 4.79 Å². The molecule has 0 spiro atoms. The fourth-order valence-electron chi connectivity index (χ4n) is 3.40. The van der Waals surface area contributed by atoms with Gasteiger partial charge in [-0.15, -0.1) is 0 Å². The second-order valence-corrected chi connectivity index (χ2v) is 7.89. The molecule has 1 heterocycles. The molecule has 0 radical (unpaired) electrons. The van der Waals surface area contributed by atoms with Gasteiger partial charge in [0.15, 0.2) is 5.17 Å². The minimum absolute atomic E-state index is 0.0384. The predicted octanol–water partition coefficient (Wildman–Crippen LogP) is 5.89. The quantitative estimate of drug-likeness (QED) is 0.620. The largest absolute Gasteiger partial charge is 0.283 e. The molecule has 0 bridgehead atoms. The zero-order valence-electron chi connectivity index (χ0n) is 14.3. The first kappa shape index (κ1) is 17.4. The summed E-state index contributed by atoms with van der Waals surface area (Å²) < 4.78 is 0. The van der Waals surface area contributed by atoms with E-state index in [1.54, 1.807) is 0 Å². The van der Waals surface area contributed by atoms with Crippen LogP contribution < -0.4 is 0 Å². The third-order valence-corrected chi connectivity index (χ3v) is 6.03. The summed E-state index contributed by atoms with van der Waals surface area (Å²) in [5.41, 5.74) is 1.72. The van der Waals surface area contributed by atoms with Gasteiger partial charge in [0, 0.05) is 11.1 Å². The molecule has 2 aromatic carbocycles. The molecule has 2 fully saturated rings. The van der Waals surface area contributed by atoms with Gasteiger partial charge in [0.1, 0.15) is 0 Å². The first-order chi connectivity index (χ1) is 12.7. The van der Waals surface area contributed by atoms with Crippen LogP contribution in [0, 0.1) is 0 Å². The van der Waals surface area contributed by atoms with Crippen molar-refractivity contribution in [2.24, 2.45) is 4.99 Å². The van der Waals surface area contributed by atoms with E-state index in [1.165, 1.54) is 24.6 Å². The molecule has 0 aromatic heterocycles. The van der Waals surface area contributed by atoms with Gasteiger partial charge < -0.3 is 0 Å². The monoisotopic (exact) mass is 382 g/mol. The first-order valence-corrected chi connectivity index (χ1v) is 10.0. The van der Waals surface area contributed by atoms with E-state index in [-0.39, 0.29) is 11.9 Å². The molecule has 4 rings (SSSR count). The number of rotatable bonds is 3. The average molecular weight is 383 g/mol. The van der Waals surface area contributed by atoms with E-state index < -0.39 is 0 Å². The smallest absolute Gasteiger partial charge is 0.267 e. The third kappa shape index (κ3) is 3.57. The van der Waals surface area contributed by atoms with Crippen molar-refractivity contribution in [1.82, 2.24) is 4.90 Å². The Bertz CT molecular complexity index is 873. The van der Waals surface area contributed by atoms with Crippen LogP contribution in [0.3, 0.4) is 0 Å². The minimum atomic E-state index is 0.0384. The summed E-state index contributed by atoms with van der Waals surface area (Å²) in [5.74, 6) is 0.0384. The lowest BCUT2D eigenvalue weighted by atomic mass is 10.2. The Labute approximate surface area is 162 Å². The Morgan fingerprint density at radius 2 is 1.73 bits per heavy atom. The number of amides is 1. The summed E-state index contributed by atoms with van der Waals surface area (Å²) >= 11 is 7.71. The molecule has 0 N–H and O–H groups in total. The van der Waals surface area contributed by atoms with E-state index in [9.17, 15) is 4.79 Å². The summed E-state index contributed by atoms with van der Waals surface area (Å²) in [6, 6.07) is 17.6. The number of benzene rings is 2. The molecule has 0 atom stereocenters. The molecule has 2 aromatic rings.